The van der Waals surface area contributed by atoms with Gasteiger partial charge >= 0.3 is 0 Å². The molecule has 0 aliphatic carbocycles. The Morgan fingerprint density at radius 1 is 1.29 bits per heavy atom. The van der Waals surface area contributed by atoms with Crippen LogP contribution in [0.25, 0.3) is 0 Å². The number of amides is 1. The highest BCUT2D eigenvalue weighted by Crippen LogP contribution is 2.15. The third-order valence-electron chi connectivity index (χ3n) is 1.97. The summed E-state index contributed by atoms with van der Waals surface area (Å²) in [5.74, 6) is -1.97. The smallest absolute Gasteiger partial charge is 0.275 e. The molecule has 2 rings (SSSR count). The fourth-order valence-corrected chi connectivity index (χ4v) is 1.88. The van der Waals surface area contributed by atoms with Crippen molar-refractivity contribution in [3.8, 4) is 0 Å². The second kappa shape index (κ2) is 4.58. The van der Waals surface area contributed by atoms with E-state index in [1.807, 2.05) is 0 Å². The summed E-state index contributed by atoms with van der Waals surface area (Å²) >= 11 is 1.33. The molecule has 0 bridgehead atoms. The number of halogens is 2. The standard InChI is InChI=1S/C11H8F2N2OS/c1-6-14-10(5-17-6)11(16)15-9-3-7(12)2-8(13)4-9/h2-5H,1H3,(H,15,16). The van der Waals surface area contributed by atoms with Gasteiger partial charge in [-0.15, -0.1) is 11.3 Å². The predicted molar refractivity (Wildman–Crippen MR) is 61.2 cm³/mol. The number of anilines is 1. The third kappa shape index (κ3) is 2.85. The molecular formula is C11H8F2N2OS. The number of carbonyl (C=O) groups excluding carboxylic acids is 1. The van der Waals surface area contributed by atoms with Gasteiger partial charge in [0.2, 0.25) is 0 Å². The summed E-state index contributed by atoms with van der Waals surface area (Å²) in [6.45, 7) is 1.77. The summed E-state index contributed by atoms with van der Waals surface area (Å²) in [6.07, 6.45) is 0. The van der Waals surface area contributed by atoms with E-state index in [0.29, 0.717) is 0 Å². The van der Waals surface area contributed by atoms with E-state index >= 15 is 0 Å². The summed E-state index contributed by atoms with van der Waals surface area (Å²) < 4.78 is 25.8. The average molecular weight is 254 g/mol. The number of hydrogen-bond donors (Lipinski definition) is 1. The number of aryl methyl sites for hydroxylation is 1. The summed E-state index contributed by atoms with van der Waals surface area (Å²) in [5.41, 5.74) is 0.301. The Balaban J connectivity index is 2.18. The minimum absolute atomic E-state index is 0.0677. The Morgan fingerprint density at radius 2 is 1.94 bits per heavy atom. The molecule has 0 spiro atoms. The van der Waals surface area contributed by atoms with E-state index in [9.17, 15) is 13.6 Å². The van der Waals surface area contributed by atoms with Gasteiger partial charge in [-0.1, -0.05) is 0 Å². The van der Waals surface area contributed by atoms with Gasteiger partial charge < -0.3 is 5.32 Å². The number of hydrogen-bond acceptors (Lipinski definition) is 3. The second-order valence-corrected chi connectivity index (χ2v) is 4.43. The van der Waals surface area contributed by atoms with Crippen LogP contribution in [0.3, 0.4) is 0 Å². The Labute approximate surface area is 100 Å². The molecule has 0 aliphatic heterocycles. The molecule has 17 heavy (non-hydrogen) atoms. The SMILES string of the molecule is Cc1nc(C(=O)Nc2cc(F)cc(F)c2)cs1. The fourth-order valence-electron chi connectivity index (χ4n) is 1.29. The van der Waals surface area contributed by atoms with Crippen molar-refractivity contribution in [2.75, 3.05) is 5.32 Å². The van der Waals surface area contributed by atoms with E-state index < -0.39 is 17.5 Å². The van der Waals surface area contributed by atoms with Crippen molar-refractivity contribution in [1.29, 1.82) is 0 Å². The molecule has 0 fully saturated rings. The van der Waals surface area contributed by atoms with Crippen LogP contribution in [-0.2, 0) is 0 Å². The van der Waals surface area contributed by atoms with Gasteiger partial charge in [-0.25, -0.2) is 13.8 Å². The lowest BCUT2D eigenvalue weighted by atomic mass is 10.3. The molecule has 6 heteroatoms. The quantitative estimate of drug-likeness (QED) is 0.895. The van der Waals surface area contributed by atoms with Crippen LogP contribution in [0.1, 0.15) is 15.5 Å². The zero-order valence-electron chi connectivity index (χ0n) is 8.83. The molecular weight excluding hydrogens is 246 g/mol. The molecule has 0 saturated heterocycles. The largest absolute Gasteiger partial charge is 0.320 e. The summed E-state index contributed by atoms with van der Waals surface area (Å²) in [7, 11) is 0. The lowest BCUT2D eigenvalue weighted by Crippen LogP contribution is -2.12. The Kier molecular flexibility index (Phi) is 3.14. The van der Waals surface area contributed by atoms with Crippen molar-refractivity contribution in [3.63, 3.8) is 0 Å². The van der Waals surface area contributed by atoms with Gasteiger partial charge in [0.25, 0.3) is 5.91 Å². The Hall–Kier alpha value is -1.82. The Bertz CT molecular complexity index is 548. The molecule has 1 heterocycles. The number of carbonyl (C=O) groups is 1. The number of aromatic nitrogens is 1. The maximum Gasteiger partial charge on any atom is 0.275 e. The van der Waals surface area contributed by atoms with Crippen molar-refractivity contribution in [2.24, 2.45) is 0 Å². The molecule has 0 saturated carbocycles. The van der Waals surface area contributed by atoms with Gasteiger partial charge in [0.1, 0.15) is 17.3 Å². The van der Waals surface area contributed by atoms with Gasteiger partial charge in [0.05, 0.1) is 5.01 Å². The molecule has 0 radical (unpaired) electrons. The van der Waals surface area contributed by atoms with E-state index in [-0.39, 0.29) is 11.4 Å². The normalized spacial score (nSPS) is 10.3. The lowest BCUT2D eigenvalue weighted by Gasteiger charge is -2.03. The van der Waals surface area contributed by atoms with Crippen LogP contribution < -0.4 is 5.32 Å². The number of thiazole rings is 1. The lowest BCUT2D eigenvalue weighted by molar-refractivity contribution is 0.102. The van der Waals surface area contributed by atoms with Gasteiger partial charge in [0.15, 0.2) is 0 Å². The topological polar surface area (TPSA) is 42.0 Å². The van der Waals surface area contributed by atoms with Crippen molar-refractivity contribution in [2.45, 2.75) is 6.92 Å². The number of benzene rings is 1. The fraction of sp³-hybridized carbons (Fsp3) is 0.0909. The molecule has 88 valence electrons. The van der Waals surface area contributed by atoms with Gasteiger partial charge in [-0.3, -0.25) is 4.79 Å². The van der Waals surface area contributed by atoms with Gasteiger partial charge in [0, 0.05) is 17.1 Å². The molecule has 0 aliphatic rings. The minimum atomic E-state index is -0.741. The number of rotatable bonds is 2. The van der Waals surface area contributed by atoms with E-state index in [4.69, 9.17) is 0 Å². The summed E-state index contributed by atoms with van der Waals surface area (Å²) in [4.78, 5) is 15.6. The van der Waals surface area contributed by atoms with E-state index in [1.54, 1.807) is 12.3 Å². The van der Waals surface area contributed by atoms with E-state index in [0.717, 1.165) is 23.2 Å². The third-order valence-corrected chi connectivity index (χ3v) is 2.75. The second-order valence-electron chi connectivity index (χ2n) is 3.36. The molecule has 1 aromatic heterocycles. The maximum absolute atomic E-state index is 12.9. The molecule has 1 N–H and O–H groups in total. The maximum atomic E-state index is 12.9. The van der Waals surface area contributed by atoms with Crippen LogP contribution in [0.15, 0.2) is 23.6 Å². The number of nitrogens with one attached hydrogen (secondary N) is 1. The van der Waals surface area contributed by atoms with E-state index in [1.165, 1.54) is 11.3 Å². The van der Waals surface area contributed by atoms with Crippen LogP contribution in [-0.4, -0.2) is 10.9 Å². The summed E-state index contributed by atoms with van der Waals surface area (Å²) in [5, 5.41) is 4.71. The van der Waals surface area contributed by atoms with E-state index in [2.05, 4.69) is 10.3 Å². The van der Waals surface area contributed by atoms with Crippen molar-refractivity contribution in [1.82, 2.24) is 4.98 Å². The molecule has 0 atom stereocenters. The highest BCUT2D eigenvalue weighted by atomic mass is 32.1. The van der Waals surface area contributed by atoms with Gasteiger partial charge in [-0.05, 0) is 19.1 Å². The zero-order chi connectivity index (χ0) is 12.4. The van der Waals surface area contributed by atoms with Gasteiger partial charge in [-0.2, -0.15) is 0 Å². The molecule has 2 aromatic rings. The van der Waals surface area contributed by atoms with Crippen molar-refractivity contribution < 1.29 is 13.6 Å². The van der Waals surface area contributed by atoms with Crippen molar-refractivity contribution in [3.05, 3.63) is 45.9 Å². The summed E-state index contributed by atoms with van der Waals surface area (Å²) in [6, 6.07) is 2.82. The molecule has 1 amide bonds. The highest BCUT2D eigenvalue weighted by molar-refractivity contribution is 7.09. The highest BCUT2D eigenvalue weighted by Gasteiger charge is 2.10. The van der Waals surface area contributed by atoms with Crippen molar-refractivity contribution >= 4 is 22.9 Å². The Morgan fingerprint density at radius 3 is 2.47 bits per heavy atom. The minimum Gasteiger partial charge on any atom is -0.320 e. The average Bonchev–Trinajstić information content (AvgIpc) is 2.63. The van der Waals surface area contributed by atoms with Crippen LogP contribution in [0.2, 0.25) is 0 Å². The first-order chi connectivity index (χ1) is 8.04. The van der Waals surface area contributed by atoms with Crippen LogP contribution in [0, 0.1) is 18.6 Å². The first-order valence-corrected chi connectivity index (χ1v) is 5.62. The first kappa shape index (κ1) is 11.7. The molecule has 0 unspecified atom stereocenters. The first-order valence-electron chi connectivity index (χ1n) is 4.74. The van der Waals surface area contributed by atoms with Crippen LogP contribution >= 0.6 is 11.3 Å². The zero-order valence-corrected chi connectivity index (χ0v) is 9.65. The van der Waals surface area contributed by atoms with Crippen LogP contribution in [0.4, 0.5) is 14.5 Å². The molecule has 3 nitrogen and oxygen atoms in total. The molecule has 1 aromatic carbocycles. The predicted octanol–water partition coefficient (Wildman–Crippen LogP) is 2.98. The van der Waals surface area contributed by atoms with Crippen LogP contribution in [0.5, 0.6) is 0 Å². The monoisotopic (exact) mass is 254 g/mol. The number of nitrogens with zero attached hydrogens (tertiary/aromatic N) is 1.